The molecule has 0 amide bonds. The third-order valence-corrected chi connectivity index (χ3v) is 8.60. The van der Waals surface area contributed by atoms with Gasteiger partial charge in [-0.05, 0) is 30.7 Å². The lowest BCUT2D eigenvalue weighted by molar-refractivity contribution is -0.0434. The van der Waals surface area contributed by atoms with Crippen molar-refractivity contribution in [3.8, 4) is 0 Å². The summed E-state index contributed by atoms with van der Waals surface area (Å²) in [6.07, 6.45) is 5.86. The number of anilines is 2. The Bertz CT molecular complexity index is 1470. The standard InChI is InChI=1S/C31H41N7O5/c1-2-21-16-23(43-37-21)27-25(40)26(41)30(42-27)38-18-33-24-28(32-14-13-19-9-5-3-6-10-19)35-31(36-29(24)38)34-22(17-39)15-20-11-7-4-8-12-20/h4,7-8,11-12,16,18-19,22,25-27,30,39-41H,2-3,5-6,9-10,13-15,17H2,1H3,(H2,32,34,35,36)/t22?,25-,26+,27?,30+/m0/s1. The molecule has 5 N–H and O–H groups in total. The number of aromatic nitrogens is 5. The highest BCUT2D eigenvalue weighted by Crippen LogP contribution is 2.40. The van der Waals surface area contributed by atoms with Crippen LogP contribution in [0.2, 0.25) is 0 Å². The first kappa shape index (κ1) is 29.5. The predicted molar refractivity (Wildman–Crippen MR) is 160 cm³/mol. The Morgan fingerprint density at radius 1 is 1.07 bits per heavy atom. The van der Waals surface area contributed by atoms with Crippen LogP contribution in [0.15, 0.2) is 47.2 Å². The van der Waals surface area contributed by atoms with E-state index in [0.717, 1.165) is 24.2 Å². The van der Waals surface area contributed by atoms with Gasteiger partial charge in [0.25, 0.3) is 0 Å². The fraction of sp³-hybridized carbons (Fsp3) is 0.548. The van der Waals surface area contributed by atoms with Crippen LogP contribution in [-0.4, -0.2) is 71.4 Å². The fourth-order valence-corrected chi connectivity index (χ4v) is 6.16. The number of aryl methyl sites for hydroxylation is 1. The third kappa shape index (κ3) is 6.52. The molecule has 1 aliphatic heterocycles. The molecule has 4 aromatic rings. The summed E-state index contributed by atoms with van der Waals surface area (Å²) in [4.78, 5) is 14.1. The number of aliphatic hydroxyl groups is 3. The molecule has 2 unspecified atom stereocenters. The minimum absolute atomic E-state index is 0.116. The summed E-state index contributed by atoms with van der Waals surface area (Å²) in [7, 11) is 0. The Labute approximate surface area is 250 Å². The van der Waals surface area contributed by atoms with Crippen LogP contribution in [0.4, 0.5) is 11.8 Å². The van der Waals surface area contributed by atoms with Crippen LogP contribution >= 0.6 is 0 Å². The Balaban J connectivity index is 1.28. The van der Waals surface area contributed by atoms with Crippen molar-refractivity contribution in [2.24, 2.45) is 5.92 Å². The molecule has 0 spiro atoms. The second kappa shape index (κ2) is 13.4. The summed E-state index contributed by atoms with van der Waals surface area (Å²) >= 11 is 0. The van der Waals surface area contributed by atoms with Crippen LogP contribution in [0.5, 0.6) is 0 Å². The topological polar surface area (TPSA) is 164 Å². The highest BCUT2D eigenvalue weighted by Gasteiger charge is 2.47. The van der Waals surface area contributed by atoms with Gasteiger partial charge in [-0.25, -0.2) is 4.98 Å². The van der Waals surface area contributed by atoms with Crippen LogP contribution in [0.25, 0.3) is 11.2 Å². The molecule has 6 rings (SSSR count). The van der Waals surface area contributed by atoms with Crippen LogP contribution in [-0.2, 0) is 17.6 Å². The molecule has 1 aliphatic carbocycles. The number of ether oxygens (including phenoxy) is 1. The minimum Gasteiger partial charge on any atom is -0.394 e. The van der Waals surface area contributed by atoms with Gasteiger partial charge in [-0.15, -0.1) is 0 Å². The van der Waals surface area contributed by atoms with E-state index in [1.165, 1.54) is 32.1 Å². The maximum Gasteiger partial charge on any atom is 0.227 e. The molecule has 4 heterocycles. The maximum absolute atomic E-state index is 11.1. The molecule has 1 saturated heterocycles. The van der Waals surface area contributed by atoms with E-state index in [-0.39, 0.29) is 12.6 Å². The van der Waals surface area contributed by atoms with Crippen molar-refractivity contribution in [3.05, 3.63) is 59.7 Å². The van der Waals surface area contributed by atoms with E-state index in [1.54, 1.807) is 17.0 Å². The minimum atomic E-state index is -1.27. The molecule has 43 heavy (non-hydrogen) atoms. The van der Waals surface area contributed by atoms with Gasteiger partial charge in [0.2, 0.25) is 5.95 Å². The van der Waals surface area contributed by atoms with Crippen molar-refractivity contribution in [1.29, 1.82) is 0 Å². The van der Waals surface area contributed by atoms with Crippen molar-refractivity contribution >= 4 is 22.9 Å². The molecule has 1 saturated carbocycles. The predicted octanol–water partition coefficient (Wildman–Crippen LogP) is 3.77. The number of hydrogen-bond acceptors (Lipinski definition) is 11. The molecule has 1 aromatic carbocycles. The lowest BCUT2D eigenvalue weighted by Crippen LogP contribution is -2.29. The molecule has 12 heteroatoms. The normalized spacial score (nSPS) is 23.5. The number of benzene rings is 1. The Hall–Kier alpha value is -3.58. The van der Waals surface area contributed by atoms with Crippen LogP contribution < -0.4 is 10.6 Å². The molecule has 2 fully saturated rings. The number of nitrogens with zero attached hydrogens (tertiary/aromatic N) is 5. The maximum atomic E-state index is 11.1. The van der Waals surface area contributed by atoms with E-state index >= 15 is 0 Å². The second-order valence-electron chi connectivity index (χ2n) is 11.7. The summed E-state index contributed by atoms with van der Waals surface area (Å²) in [6, 6.07) is 11.3. The summed E-state index contributed by atoms with van der Waals surface area (Å²) < 4.78 is 13.2. The SMILES string of the molecule is CCc1cc(C2O[C@@H](n3cnc4c(NCCC5CCCCC5)nc(NC(CO)Cc5ccccc5)nc43)[C@H](O)[C@@H]2O)on1. The third-order valence-electron chi connectivity index (χ3n) is 8.60. The molecule has 0 radical (unpaired) electrons. The van der Waals surface area contributed by atoms with E-state index in [2.05, 4.69) is 20.8 Å². The summed E-state index contributed by atoms with van der Waals surface area (Å²) in [5.74, 6) is 1.93. The first-order valence-electron chi connectivity index (χ1n) is 15.4. The smallest absolute Gasteiger partial charge is 0.227 e. The van der Waals surface area contributed by atoms with Gasteiger partial charge in [-0.1, -0.05) is 74.5 Å². The summed E-state index contributed by atoms with van der Waals surface area (Å²) in [5.41, 5.74) is 2.77. The highest BCUT2D eigenvalue weighted by molar-refractivity contribution is 5.84. The molecular weight excluding hydrogens is 550 g/mol. The number of hydrogen-bond donors (Lipinski definition) is 5. The largest absolute Gasteiger partial charge is 0.394 e. The number of aliphatic hydroxyl groups excluding tert-OH is 3. The Morgan fingerprint density at radius 3 is 2.63 bits per heavy atom. The van der Waals surface area contributed by atoms with Crippen molar-refractivity contribution in [2.45, 2.75) is 88.9 Å². The van der Waals surface area contributed by atoms with Crippen molar-refractivity contribution < 1.29 is 24.6 Å². The Kier molecular flexibility index (Phi) is 9.17. The van der Waals surface area contributed by atoms with Gasteiger partial charge in [0.15, 0.2) is 29.0 Å². The van der Waals surface area contributed by atoms with E-state index in [1.807, 2.05) is 37.3 Å². The van der Waals surface area contributed by atoms with Gasteiger partial charge in [0.05, 0.1) is 24.7 Å². The monoisotopic (exact) mass is 591 g/mol. The highest BCUT2D eigenvalue weighted by atomic mass is 16.6. The summed E-state index contributed by atoms with van der Waals surface area (Å²) in [5, 5.41) is 42.9. The fourth-order valence-electron chi connectivity index (χ4n) is 6.16. The number of rotatable bonds is 12. The first-order chi connectivity index (χ1) is 21.0. The van der Waals surface area contributed by atoms with E-state index < -0.39 is 24.5 Å². The van der Waals surface area contributed by atoms with Gasteiger partial charge < -0.3 is 35.2 Å². The summed E-state index contributed by atoms with van der Waals surface area (Å²) in [6.45, 7) is 2.58. The lowest BCUT2D eigenvalue weighted by atomic mass is 9.87. The van der Waals surface area contributed by atoms with Gasteiger partial charge >= 0.3 is 0 Å². The number of imidazole rings is 1. The van der Waals surface area contributed by atoms with Crippen molar-refractivity contribution in [3.63, 3.8) is 0 Å². The molecule has 0 bridgehead atoms. The van der Waals surface area contributed by atoms with E-state index in [0.29, 0.717) is 47.4 Å². The molecule has 2 aliphatic rings. The second-order valence-corrected chi connectivity index (χ2v) is 11.7. The zero-order valence-electron chi connectivity index (χ0n) is 24.5. The van der Waals surface area contributed by atoms with Crippen LogP contribution in [0, 0.1) is 5.92 Å². The lowest BCUT2D eigenvalue weighted by Gasteiger charge is -2.22. The zero-order valence-corrected chi connectivity index (χ0v) is 24.5. The average molecular weight is 592 g/mol. The Morgan fingerprint density at radius 2 is 1.88 bits per heavy atom. The van der Waals surface area contributed by atoms with Gasteiger partial charge in [-0.3, -0.25) is 4.57 Å². The zero-order chi connectivity index (χ0) is 29.8. The molecule has 230 valence electrons. The number of nitrogens with one attached hydrogen (secondary N) is 2. The van der Waals surface area contributed by atoms with E-state index in [9.17, 15) is 15.3 Å². The quantitative estimate of drug-likeness (QED) is 0.163. The molecule has 12 nitrogen and oxygen atoms in total. The van der Waals surface area contributed by atoms with Crippen LogP contribution in [0.1, 0.15) is 74.8 Å². The van der Waals surface area contributed by atoms with E-state index in [4.69, 9.17) is 19.2 Å². The van der Waals surface area contributed by atoms with Gasteiger partial charge in [0.1, 0.15) is 18.3 Å². The average Bonchev–Trinajstić information content (AvgIpc) is 3.76. The first-order valence-corrected chi connectivity index (χ1v) is 15.4. The van der Waals surface area contributed by atoms with Gasteiger partial charge in [0, 0.05) is 12.6 Å². The van der Waals surface area contributed by atoms with Crippen LogP contribution in [0.3, 0.4) is 0 Å². The van der Waals surface area contributed by atoms with Gasteiger partial charge in [-0.2, -0.15) is 9.97 Å². The number of fused-ring (bicyclic) bond motifs is 1. The van der Waals surface area contributed by atoms with Crippen molar-refractivity contribution in [2.75, 3.05) is 23.8 Å². The van der Waals surface area contributed by atoms with Crippen molar-refractivity contribution in [1.82, 2.24) is 24.7 Å². The molecular formula is C31H41N7O5. The molecule has 3 aromatic heterocycles. The molecule has 5 atom stereocenters.